The average Bonchev–Trinajstić information content (AvgIpc) is 2.72. The molecule has 0 aliphatic heterocycles. The molecule has 7 nitrogen and oxygen atoms in total. The predicted molar refractivity (Wildman–Crippen MR) is 67.3 cm³/mol. The highest BCUT2D eigenvalue weighted by Gasteiger charge is 2.24. The summed E-state index contributed by atoms with van der Waals surface area (Å²) in [5.74, 6) is -4.46. The van der Waals surface area contributed by atoms with Crippen molar-refractivity contribution in [3.05, 3.63) is 41.7 Å². The maximum absolute atomic E-state index is 13.6. The average molecular weight is 317 g/mol. The minimum atomic E-state index is -4.41. The molecule has 21 heavy (non-hydrogen) atoms. The van der Waals surface area contributed by atoms with Gasteiger partial charge in [-0.05, 0) is 6.07 Å². The Morgan fingerprint density at radius 3 is 2.52 bits per heavy atom. The number of carbonyl (C=O) groups is 1. The van der Waals surface area contributed by atoms with E-state index in [9.17, 15) is 22.0 Å². The standard InChI is InChI=1S/C11H9F2N3O4S/c1-16-5-6(4-14-16)15-21(19,20)10-2-7(11(17)18)8(12)3-9(10)13/h2-5,15H,1H3,(H,17,18). The molecular weight excluding hydrogens is 308 g/mol. The molecule has 0 atom stereocenters. The van der Waals surface area contributed by atoms with E-state index in [1.54, 1.807) is 7.05 Å². The van der Waals surface area contributed by atoms with Crippen LogP contribution in [0, 0.1) is 11.6 Å². The first-order valence-corrected chi connectivity index (χ1v) is 6.93. The summed E-state index contributed by atoms with van der Waals surface area (Å²) in [6.45, 7) is 0. The van der Waals surface area contributed by atoms with Crippen molar-refractivity contribution in [2.45, 2.75) is 4.90 Å². The van der Waals surface area contributed by atoms with Crippen LogP contribution in [0.25, 0.3) is 0 Å². The summed E-state index contributed by atoms with van der Waals surface area (Å²) in [5.41, 5.74) is -0.888. The SMILES string of the molecule is Cn1cc(NS(=O)(=O)c2cc(C(=O)O)c(F)cc2F)cn1. The molecule has 1 heterocycles. The van der Waals surface area contributed by atoms with E-state index in [0.29, 0.717) is 6.07 Å². The number of aryl methyl sites for hydroxylation is 1. The van der Waals surface area contributed by atoms with Gasteiger partial charge in [0, 0.05) is 19.3 Å². The van der Waals surface area contributed by atoms with Gasteiger partial charge < -0.3 is 5.11 Å². The van der Waals surface area contributed by atoms with E-state index in [0.717, 1.165) is 0 Å². The third-order valence-corrected chi connectivity index (χ3v) is 3.89. The Morgan fingerprint density at radius 1 is 1.33 bits per heavy atom. The summed E-state index contributed by atoms with van der Waals surface area (Å²) >= 11 is 0. The number of hydrogen-bond acceptors (Lipinski definition) is 4. The van der Waals surface area contributed by atoms with E-state index < -0.39 is 38.1 Å². The zero-order valence-corrected chi connectivity index (χ0v) is 11.4. The molecule has 112 valence electrons. The van der Waals surface area contributed by atoms with Gasteiger partial charge in [-0.25, -0.2) is 22.0 Å². The highest BCUT2D eigenvalue weighted by molar-refractivity contribution is 7.92. The molecule has 1 aromatic heterocycles. The predicted octanol–water partition coefficient (Wildman–Crippen LogP) is 1.20. The quantitative estimate of drug-likeness (QED) is 0.882. The van der Waals surface area contributed by atoms with Crippen LogP contribution >= 0.6 is 0 Å². The van der Waals surface area contributed by atoms with E-state index >= 15 is 0 Å². The number of aromatic nitrogens is 2. The van der Waals surface area contributed by atoms with Crippen LogP contribution in [0.4, 0.5) is 14.5 Å². The number of sulfonamides is 1. The summed E-state index contributed by atoms with van der Waals surface area (Å²) < 4.78 is 54.2. The fraction of sp³-hybridized carbons (Fsp3) is 0.0909. The molecule has 2 aromatic rings. The lowest BCUT2D eigenvalue weighted by molar-refractivity contribution is 0.0691. The van der Waals surface area contributed by atoms with Crippen LogP contribution in [0.3, 0.4) is 0 Å². The molecule has 0 unspecified atom stereocenters. The lowest BCUT2D eigenvalue weighted by Gasteiger charge is -2.08. The van der Waals surface area contributed by atoms with Crippen LogP contribution in [0.15, 0.2) is 29.4 Å². The van der Waals surface area contributed by atoms with Gasteiger partial charge >= 0.3 is 5.97 Å². The second-order valence-corrected chi connectivity index (χ2v) is 5.73. The largest absolute Gasteiger partial charge is 0.478 e. The first kappa shape index (κ1) is 14.9. The fourth-order valence-electron chi connectivity index (χ4n) is 1.58. The van der Waals surface area contributed by atoms with Gasteiger partial charge in [0.05, 0.1) is 17.4 Å². The van der Waals surface area contributed by atoms with Gasteiger partial charge in [-0.1, -0.05) is 0 Å². The fourth-order valence-corrected chi connectivity index (χ4v) is 2.70. The minimum Gasteiger partial charge on any atom is -0.478 e. The Morgan fingerprint density at radius 2 is 2.00 bits per heavy atom. The Hall–Kier alpha value is -2.49. The van der Waals surface area contributed by atoms with E-state index in [2.05, 4.69) is 5.10 Å². The summed E-state index contributed by atoms with van der Waals surface area (Å²) in [7, 11) is -2.87. The number of nitrogens with zero attached hydrogens (tertiary/aromatic N) is 2. The number of aromatic carboxylic acids is 1. The Bertz CT molecular complexity index is 817. The summed E-state index contributed by atoms with van der Waals surface area (Å²) in [5, 5.41) is 12.5. The van der Waals surface area contributed by atoms with Crippen molar-refractivity contribution < 1.29 is 27.1 Å². The first-order valence-electron chi connectivity index (χ1n) is 5.44. The second-order valence-electron chi connectivity index (χ2n) is 4.08. The molecule has 2 rings (SSSR count). The maximum Gasteiger partial charge on any atom is 0.338 e. The topological polar surface area (TPSA) is 101 Å². The summed E-state index contributed by atoms with van der Waals surface area (Å²) in [6, 6.07) is 0.632. The van der Waals surface area contributed by atoms with Crippen molar-refractivity contribution in [1.82, 2.24) is 9.78 Å². The molecule has 0 bridgehead atoms. The van der Waals surface area contributed by atoms with Gasteiger partial charge in [0.2, 0.25) is 0 Å². The first-order chi connectivity index (χ1) is 9.70. The molecule has 0 fully saturated rings. The van der Waals surface area contributed by atoms with Crippen LogP contribution in [-0.4, -0.2) is 29.3 Å². The van der Waals surface area contributed by atoms with Gasteiger partial charge in [-0.15, -0.1) is 0 Å². The molecular formula is C11H9F2N3O4S. The molecule has 0 saturated carbocycles. The van der Waals surface area contributed by atoms with Gasteiger partial charge in [-0.3, -0.25) is 9.40 Å². The smallest absolute Gasteiger partial charge is 0.338 e. The van der Waals surface area contributed by atoms with Gasteiger partial charge in [-0.2, -0.15) is 5.10 Å². The maximum atomic E-state index is 13.6. The normalized spacial score (nSPS) is 11.4. The van der Waals surface area contributed by atoms with E-state index in [4.69, 9.17) is 5.11 Å². The number of carboxylic acids is 1. The molecule has 0 aliphatic rings. The van der Waals surface area contributed by atoms with Gasteiger partial charge in [0.1, 0.15) is 16.5 Å². The van der Waals surface area contributed by atoms with Crippen molar-refractivity contribution in [3.8, 4) is 0 Å². The highest BCUT2D eigenvalue weighted by Crippen LogP contribution is 2.22. The van der Waals surface area contributed by atoms with Crippen LogP contribution in [0.5, 0.6) is 0 Å². The lowest BCUT2D eigenvalue weighted by atomic mass is 10.2. The molecule has 0 spiro atoms. The molecule has 10 heteroatoms. The van der Waals surface area contributed by atoms with Gasteiger partial charge in [0.25, 0.3) is 10.0 Å². The third kappa shape index (κ3) is 2.99. The number of hydrogen-bond donors (Lipinski definition) is 2. The van der Waals surface area contributed by atoms with Crippen molar-refractivity contribution in [1.29, 1.82) is 0 Å². The van der Waals surface area contributed by atoms with Gasteiger partial charge in [0.15, 0.2) is 0 Å². The van der Waals surface area contributed by atoms with E-state index in [-0.39, 0.29) is 11.8 Å². The van der Waals surface area contributed by atoms with Crippen molar-refractivity contribution in [2.75, 3.05) is 4.72 Å². The lowest BCUT2D eigenvalue weighted by Crippen LogP contribution is -2.16. The van der Waals surface area contributed by atoms with Crippen molar-refractivity contribution in [2.24, 2.45) is 7.05 Å². The van der Waals surface area contributed by atoms with Crippen LogP contribution in [0.2, 0.25) is 0 Å². The second kappa shape index (κ2) is 5.13. The van der Waals surface area contributed by atoms with E-state index in [1.165, 1.54) is 17.1 Å². The monoisotopic (exact) mass is 317 g/mol. The van der Waals surface area contributed by atoms with Crippen LogP contribution < -0.4 is 4.72 Å². The Balaban J connectivity index is 2.49. The summed E-state index contributed by atoms with van der Waals surface area (Å²) in [4.78, 5) is 9.82. The molecule has 2 N–H and O–H groups in total. The molecule has 0 aliphatic carbocycles. The Kier molecular flexibility index (Phi) is 3.64. The molecule has 0 amide bonds. The van der Waals surface area contributed by atoms with Crippen molar-refractivity contribution in [3.63, 3.8) is 0 Å². The zero-order chi connectivity index (χ0) is 15.8. The molecule has 0 radical (unpaired) electrons. The highest BCUT2D eigenvalue weighted by atomic mass is 32.2. The number of rotatable bonds is 4. The number of benzene rings is 1. The van der Waals surface area contributed by atoms with Crippen molar-refractivity contribution >= 4 is 21.7 Å². The molecule has 0 saturated heterocycles. The number of nitrogens with one attached hydrogen (secondary N) is 1. The van der Waals surface area contributed by atoms with Crippen LogP contribution in [0.1, 0.15) is 10.4 Å². The number of carboxylic acid groups (broad SMARTS) is 1. The van der Waals surface area contributed by atoms with Crippen LogP contribution in [-0.2, 0) is 17.1 Å². The third-order valence-electron chi connectivity index (χ3n) is 2.50. The number of halogens is 2. The number of anilines is 1. The Labute approximate surface area is 117 Å². The zero-order valence-electron chi connectivity index (χ0n) is 10.5. The summed E-state index contributed by atoms with van der Waals surface area (Å²) in [6.07, 6.45) is 2.49. The molecule has 1 aromatic carbocycles. The van der Waals surface area contributed by atoms with E-state index in [1.807, 2.05) is 4.72 Å². The minimum absolute atomic E-state index is 0.0538.